The van der Waals surface area contributed by atoms with Crippen molar-refractivity contribution < 1.29 is 13.0 Å². The van der Waals surface area contributed by atoms with E-state index in [-0.39, 0.29) is 9.39 Å². The van der Waals surface area contributed by atoms with Gasteiger partial charge in [0.2, 0.25) is 0 Å². The predicted molar refractivity (Wildman–Crippen MR) is 68.7 cm³/mol. The molecular weight excluding hydrogens is 235 g/mol. The van der Waals surface area contributed by atoms with Gasteiger partial charge in [-0.25, -0.2) is 0 Å². The zero-order valence-corrected chi connectivity index (χ0v) is 13.6. The Morgan fingerprint density at radius 2 is 1.14 bits per heavy atom. The highest BCUT2D eigenvalue weighted by Gasteiger charge is 2.27. The van der Waals surface area contributed by atoms with E-state index in [1.165, 1.54) is 24.6 Å². The van der Waals surface area contributed by atoms with Crippen molar-refractivity contribution in [1.82, 2.24) is 0 Å². The Morgan fingerprint density at radius 1 is 1.00 bits per heavy atom. The van der Waals surface area contributed by atoms with E-state index in [1.54, 1.807) is 0 Å². The van der Waals surface area contributed by atoms with Crippen LogP contribution in [-0.4, -0.2) is 47.0 Å². The lowest BCUT2D eigenvalue weighted by atomic mass is 10.9. The summed E-state index contributed by atoms with van der Waals surface area (Å²) < 4.78 is 27.4. The van der Waals surface area contributed by atoms with Crippen LogP contribution in [0.5, 0.6) is 0 Å². The van der Waals surface area contributed by atoms with Crippen LogP contribution in [0.3, 0.4) is 0 Å². The van der Waals surface area contributed by atoms with Crippen LogP contribution in [0.15, 0.2) is 0 Å². The summed E-state index contributed by atoms with van der Waals surface area (Å²) in [5.74, 6) is 0. The summed E-state index contributed by atoms with van der Waals surface area (Å²) in [4.78, 5) is 0. The summed E-state index contributed by atoms with van der Waals surface area (Å²) in [5, 5.41) is 0. The smallest absolute Gasteiger partial charge is 0.132 e. The minimum absolute atomic E-state index is 0.275. The molecule has 0 saturated carbocycles. The second-order valence-electron chi connectivity index (χ2n) is 3.31. The molecule has 0 aromatic rings. The maximum absolute atomic E-state index is 9.14. The molecule has 0 aliphatic rings. The predicted octanol–water partition coefficient (Wildman–Crippen LogP) is 0.896. The molecule has 0 aromatic carbocycles. The second kappa shape index (κ2) is 7.80. The SMILES string of the molecule is CC[P+](CC)(CC)CC.O=S(=O)([O-])[SiH3]. The highest BCUT2D eigenvalue weighted by molar-refractivity contribution is 8.07. The molecular formula is C8H23O3PSSi. The molecule has 0 radical (unpaired) electrons. The first-order valence-electron chi connectivity index (χ1n) is 5.00. The van der Waals surface area contributed by atoms with Crippen LogP contribution in [0.1, 0.15) is 27.7 Å². The van der Waals surface area contributed by atoms with Gasteiger partial charge in [-0.2, -0.15) is 0 Å². The summed E-state index contributed by atoms with van der Waals surface area (Å²) in [5.41, 5.74) is 0. The van der Waals surface area contributed by atoms with Crippen LogP contribution < -0.4 is 0 Å². The molecule has 0 spiro atoms. The number of hydrogen-bond acceptors (Lipinski definition) is 3. The third-order valence-corrected chi connectivity index (χ3v) is 8.05. The van der Waals surface area contributed by atoms with Gasteiger partial charge in [0.25, 0.3) is 0 Å². The molecule has 0 amide bonds. The van der Waals surface area contributed by atoms with Crippen LogP contribution in [0.25, 0.3) is 0 Å². The zero-order valence-electron chi connectivity index (χ0n) is 9.91. The van der Waals surface area contributed by atoms with E-state index in [0.29, 0.717) is 0 Å². The number of rotatable bonds is 4. The topological polar surface area (TPSA) is 57.2 Å². The minimum atomic E-state index is -3.78. The van der Waals surface area contributed by atoms with Gasteiger partial charge in [-0.05, 0) is 27.7 Å². The fraction of sp³-hybridized carbons (Fsp3) is 1.00. The summed E-state index contributed by atoms with van der Waals surface area (Å²) in [7, 11) is -4.47. The van der Waals surface area contributed by atoms with Gasteiger partial charge in [0.15, 0.2) is 0 Å². The van der Waals surface area contributed by atoms with Crippen LogP contribution in [-0.2, 0) is 9.57 Å². The number of hydrogen-bond donors (Lipinski definition) is 0. The molecule has 0 aliphatic carbocycles. The normalized spacial score (nSPS) is 12.1. The quantitative estimate of drug-likeness (QED) is 0.427. The summed E-state index contributed by atoms with van der Waals surface area (Å²) in [6, 6.07) is 0. The van der Waals surface area contributed by atoms with Crippen molar-refractivity contribution in [2.75, 3.05) is 24.6 Å². The van der Waals surface area contributed by atoms with Crippen LogP contribution in [0.4, 0.5) is 0 Å². The fourth-order valence-electron chi connectivity index (χ4n) is 1.34. The van der Waals surface area contributed by atoms with Gasteiger partial charge in [0.1, 0.15) is 9.39 Å². The lowest BCUT2D eigenvalue weighted by Gasteiger charge is -2.20. The molecule has 0 N–H and O–H groups in total. The molecule has 3 nitrogen and oxygen atoms in total. The molecule has 0 fully saturated rings. The molecule has 0 aromatic heterocycles. The lowest BCUT2D eigenvalue weighted by molar-refractivity contribution is 0.481. The van der Waals surface area contributed by atoms with Crippen LogP contribution >= 0.6 is 7.26 Å². The van der Waals surface area contributed by atoms with Crippen molar-refractivity contribution >= 4 is 26.2 Å². The van der Waals surface area contributed by atoms with E-state index in [0.717, 1.165) is 0 Å². The molecule has 6 heteroatoms. The standard InChI is InChI=1S/C8H20P.H4O3SSi/c1-5-9(6-2,7-3)8-4;1-4(2,3)5/h5-8H2,1-4H3;5H3,(H,1,2,3)/q+1;/p-1. The van der Waals surface area contributed by atoms with Gasteiger partial charge in [-0.3, -0.25) is 8.42 Å². The molecule has 0 bridgehead atoms. The largest absolute Gasteiger partial charge is 0.754 e. The Morgan fingerprint density at radius 3 is 1.14 bits per heavy atom. The van der Waals surface area contributed by atoms with Crippen molar-refractivity contribution in [3.63, 3.8) is 0 Å². The Hall–Kier alpha value is 0.557. The van der Waals surface area contributed by atoms with Gasteiger partial charge in [-0.1, -0.05) is 0 Å². The van der Waals surface area contributed by atoms with E-state index in [2.05, 4.69) is 27.7 Å². The molecule has 0 unspecified atom stereocenters. The maximum Gasteiger partial charge on any atom is 0.132 e. The molecule has 0 heterocycles. The second-order valence-corrected chi connectivity index (χ2v) is 12.9. The minimum Gasteiger partial charge on any atom is -0.754 e. The average molecular weight is 258 g/mol. The average Bonchev–Trinajstić information content (AvgIpc) is 2.07. The Bertz CT molecular complexity index is 199. The van der Waals surface area contributed by atoms with Gasteiger partial charge in [0, 0.05) is 7.26 Å². The Kier molecular flexibility index (Phi) is 9.45. The van der Waals surface area contributed by atoms with Crippen molar-refractivity contribution in [2.45, 2.75) is 27.7 Å². The fourth-order valence-corrected chi connectivity index (χ4v) is 4.02. The van der Waals surface area contributed by atoms with E-state index >= 15 is 0 Å². The Balaban J connectivity index is 0. The monoisotopic (exact) mass is 258 g/mol. The van der Waals surface area contributed by atoms with Crippen molar-refractivity contribution in [1.29, 1.82) is 0 Å². The van der Waals surface area contributed by atoms with Crippen molar-refractivity contribution in [3.8, 4) is 0 Å². The highest BCUT2D eigenvalue weighted by Crippen LogP contribution is 2.57. The molecule has 0 rings (SSSR count). The van der Waals surface area contributed by atoms with Crippen molar-refractivity contribution in [3.05, 3.63) is 0 Å². The lowest BCUT2D eigenvalue weighted by Crippen LogP contribution is -2.04. The first kappa shape index (κ1) is 17.0. The molecule has 0 aliphatic heterocycles. The molecule has 14 heavy (non-hydrogen) atoms. The zero-order chi connectivity index (χ0) is 11.8. The first-order chi connectivity index (χ1) is 6.24. The first-order valence-corrected chi connectivity index (χ1v) is 11.8. The summed E-state index contributed by atoms with van der Waals surface area (Å²) >= 11 is 0. The van der Waals surface area contributed by atoms with E-state index < -0.39 is 16.8 Å². The summed E-state index contributed by atoms with van der Waals surface area (Å²) in [6.45, 7) is 9.41. The van der Waals surface area contributed by atoms with Gasteiger partial charge < -0.3 is 4.55 Å². The van der Waals surface area contributed by atoms with Gasteiger partial charge in [0.05, 0.1) is 34.2 Å². The molecule has 88 valence electrons. The summed E-state index contributed by atoms with van der Waals surface area (Å²) in [6.07, 6.45) is 5.82. The van der Waals surface area contributed by atoms with Gasteiger partial charge >= 0.3 is 0 Å². The third kappa shape index (κ3) is 10.6. The van der Waals surface area contributed by atoms with Crippen LogP contribution in [0, 0.1) is 0 Å². The van der Waals surface area contributed by atoms with Crippen LogP contribution in [0.2, 0.25) is 0 Å². The van der Waals surface area contributed by atoms with Crippen molar-refractivity contribution in [2.24, 2.45) is 0 Å². The van der Waals surface area contributed by atoms with E-state index in [4.69, 9.17) is 13.0 Å². The molecule has 0 saturated heterocycles. The molecule has 0 atom stereocenters. The maximum atomic E-state index is 9.14. The van der Waals surface area contributed by atoms with Gasteiger partial charge in [-0.15, -0.1) is 0 Å². The Labute approximate surface area is 91.8 Å². The van der Waals surface area contributed by atoms with E-state index in [1.807, 2.05) is 0 Å². The third-order valence-electron chi connectivity index (χ3n) is 2.68. The van der Waals surface area contributed by atoms with E-state index in [9.17, 15) is 0 Å². The highest BCUT2D eigenvalue weighted by atomic mass is 32.4.